The van der Waals surface area contributed by atoms with Crippen molar-refractivity contribution in [2.24, 2.45) is 10.9 Å². The van der Waals surface area contributed by atoms with E-state index < -0.39 is 10.0 Å². The van der Waals surface area contributed by atoms with Gasteiger partial charge >= 0.3 is 0 Å². The van der Waals surface area contributed by atoms with Crippen LogP contribution in [0.15, 0.2) is 29.3 Å². The number of rotatable bonds is 11. The average Bonchev–Trinajstić information content (AvgIpc) is 2.65. The zero-order valence-corrected chi connectivity index (χ0v) is 17.3. The first-order valence-corrected chi connectivity index (χ1v) is 11.0. The molecule has 7 heteroatoms. The second kappa shape index (κ2) is 11.9. The van der Waals surface area contributed by atoms with E-state index in [1.165, 1.54) is 32.7 Å². The maximum Gasteiger partial charge on any atom is 0.215 e. The van der Waals surface area contributed by atoms with E-state index in [0.717, 1.165) is 23.6 Å². The normalized spacial score (nSPS) is 13.5. The SMILES string of the molecule is CCCCC(CC)CNC(=NC)NCc1ccc(CS(=O)(=O)NC)cc1. The molecule has 0 radical (unpaired) electrons. The van der Waals surface area contributed by atoms with Crippen LogP contribution in [0.25, 0.3) is 0 Å². The lowest BCUT2D eigenvalue weighted by atomic mass is 9.99. The average molecular weight is 383 g/mol. The molecule has 6 nitrogen and oxygen atoms in total. The summed E-state index contributed by atoms with van der Waals surface area (Å²) < 4.78 is 25.5. The van der Waals surface area contributed by atoms with Crippen LogP contribution < -0.4 is 15.4 Å². The molecule has 0 heterocycles. The Balaban J connectivity index is 2.48. The topological polar surface area (TPSA) is 82.6 Å². The van der Waals surface area contributed by atoms with Crippen molar-refractivity contribution in [3.05, 3.63) is 35.4 Å². The Morgan fingerprint density at radius 2 is 1.77 bits per heavy atom. The Bertz CT molecular complexity index is 642. The number of hydrogen-bond donors (Lipinski definition) is 3. The van der Waals surface area contributed by atoms with Crippen LogP contribution in [0.5, 0.6) is 0 Å². The fourth-order valence-electron chi connectivity index (χ4n) is 2.64. The molecule has 0 aliphatic heterocycles. The van der Waals surface area contributed by atoms with E-state index in [0.29, 0.717) is 12.5 Å². The van der Waals surface area contributed by atoms with E-state index in [4.69, 9.17) is 0 Å². The molecule has 0 amide bonds. The highest BCUT2D eigenvalue weighted by molar-refractivity contribution is 7.88. The predicted octanol–water partition coefficient (Wildman–Crippen LogP) is 2.62. The Labute approximate surface area is 158 Å². The van der Waals surface area contributed by atoms with Gasteiger partial charge in [-0.3, -0.25) is 4.99 Å². The molecule has 3 N–H and O–H groups in total. The summed E-state index contributed by atoms with van der Waals surface area (Å²) in [5, 5.41) is 6.71. The molecule has 0 saturated heterocycles. The molecular weight excluding hydrogens is 348 g/mol. The van der Waals surface area contributed by atoms with E-state index in [1.54, 1.807) is 7.05 Å². The molecule has 0 bridgehead atoms. The van der Waals surface area contributed by atoms with Crippen LogP contribution >= 0.6 is 0 Å². The molecule has 1 aromatic carbocycles. The van der Waals surface area contributed by atoms with E-state index >= 15 is 0 Å². The molecule has 0 aliphatic carbocycles. The molecule has 0 aliphatic rings. The van der Waals surface area contributed by atoms with Gasteiger partial charge < -0.3 is 10.6 Å². The van der Waals surface area contributed by atoms with Gasteiger partial charge in [-0.05, 0) is 30.5 Å². The van der Waals surface area contributed by atoms with Crippen molar-refractivity contribution >= 4 is 16.0 Å². The lowest BCUT2D eigenvalue weighted by Crippen LogP contribution is -2.39. The fourth-order valence-corrected chi connectivity index (χ4v) is 3.41. The van der Waals surface area contributed by atoms with Gasteiger partial charge in [0.25, 0.3) is 0 Å². The monoisotopic (exact) mass is 382 g/mol. The van der Waals surface area contributed by atoms with Crippen molar-refractivity contribution in [3.8, 4) is 0 Å². The first kappa shape index (κ1) is 22.4. The Morgan fingerprint density at radius 3 is 2.31 bits per heavy atom. The van der Waals surface area contributed by atoms with Gasteiger partial charge in [0, 0.05) is 20.1 Å². The van der Waals surface area contributed by atoms with Gasteiger partial charge in [-0.2, -0.15) is 0 Å². The summed E-state index contributed by atoms with van der Waals surface area (Å²) in [6.45, 7) is 6.02. The first-order chi connectivity index (χ1) is 12.4. The summed E-state index contributed by atoms with van der Waals surface area (Å²) in [6.07, 6.45) is 4.91. The van der Waals surface area contributed by atoms with Crippen molar-refractivity contribution in [1.29, 1.82) is 0 Å². The van der Waals surface area contributed by atoms with Crippen molar-refractivity contribution in [3.63, 3.8) is 0 Å². The minimum absolute atomic E-state index is 0.00337. The summed E-state index contributed by atoms with van der Waals surface area (Å²) in [7, 11) is -0.0347. The highest BCUT2D eigenvalue weighted by Crippen LogP contribution is 2.11. The molecule has 1 unspecified atom stereocenters. The third-order valence-electron chi connectivity index (χ3n) is 4.48. The molecular formula is C19H34N4O2S. The Kier molecular flexibility index (Phi) is 10.3. The number of aliphatic imine (C=N–C) groups is 1. The van der Waals surface area contributed by atoms with Crippen LogP contribution in [0, 0.1) is 5.92 Å². The third kappa shape index (κ3) is 8.67. The summed E-state index contributed by atoms with van der Waals surface area (Å²) in [5.41, 5.74) is 1.85. The van der Waals surface area contributed by atoms with E-state index in [-0.39, 0.29) is 5.75 Å². The maximum absolute atomic E-state index is 11.6. The predicted molar refractivity (Wildman–Crippen MR) is 110 cm³/mol. The summed E-state index contributed by atoms with van der Waals surface area (Å²) in [5.74, 6) is 1.46. The molecule has 1 atom stereocenters. The van der Waals surface area contributed by atoms with Crippen molar-refractivity contribution in [2.45, 2.75) is 51.8 Å². The number of unbranched alkanes of at least 4 members (excludes halogenated alkanes) is 1. The van der Waals surface area contributed by atoms with E-state index in [2.05, 4.69) is 34.2 Å². The minimum Gasteiger partial charge on any atom is -0.356 e. The van der Waals surface area contributed by atoms with Gasteiger partial charge in [0.05, 0.1) is 5.75 Å². The van der Waals surface area contributed by atoms with Crippen molar-refractivity contribution in [1.82, 2.24) is 15.4 Å². The largest absolute Gasteiger partial charge is 0.356 e. The first-order valence-electron chi connectivity index (χ1n) is 9.37. The quantitative estimate of drug-likeness (QED) is 0.406. The van der Waals surface area contributed by atoms with Crippen molar-refractivity contribution in [2.75, 3.05) is 20.6 Å². The van der Waals surface area contributed by atoms with Crippen LogP contribution in [-0.2, 0) is 22.3 Å². The van der Waals surface area contributed by atoms with Gasteiger partial charge in [-0.1, -0.05) is 57.4 Å². The van der Waals surface area contributed by atoms with Crippen LogP contribution in [0.3, 0.4) is 0 Å². The molecule has 148 valence electrons. The van der Waals surface area contributed by atoms with E-state index in [9.17, 15) is 8.42 Å². The zero-order chi connectivity index (χ0) is 19.4. The highest BCUT2D eigenvalue weighted by atomic mass is 32.2. The molecule has 0 spiro atoms. The standard InChI is InChI=1S/C19H34N4O2S/c1-5-7-8-16(6-2)13-22-19(20-3)23-14-17-9-11-18(12-10-17)15-26(24,25)21-4/h9-12,16,21H,5-8,13-15H2,1-4H3,(H2,20,22,23). The molecule has 1 rings (SSSR count). The Hall–Kier alpha value is -1.60. The number of benzene rings is 1. The van der Waals surface area contributed by atoms with E-state index in [1.807, 2.05) is 24.3 Å². The smallest absolute Gasteiger partial charge is 0.215 e. The highest BCUT2D eigenvalue weighted by Gasteiger charge is 2.09. The number of guanidine groups is 1. The summed E-state index contributed by atoms with van der Waals surface area (Å²) in [6, 6.07) is 7.58. The fraction of sp³-hybridized carbons (Fsp3) is 0.632. The Morgan fingerprint density at radius 1 is 1.12 bits per heavy atom. The number of sulfonamides is 1. The summed E-state index contributed by atoms with van der Waals surface area (Å²) >= 11 is 0. The van der Waals surface area contributed by atoms with Gasteiger partial charge in [0.1, 0.15) is 0 Å². The van der Waals surface area contributed by atoms with Crippen LogP contribution in [0.2, 0.25) is 0 Å². The van der Waals surface area contributed by atoms with Crippen molar-refractivity contribution < 1.29 is 8.42 Å². The second-order valence-electron chi connectivity index (χ2n) is 6.50. The summed E-state index contributed by atoms with van der Waals surface area (Å²) in [4.78, 5) is 4.27. The maximum atomic E-state index is 11.6. The van der Waals surface area contributed by atoms with Gasteiger partial charge in [-0.15, -0.1) is 0 Å². The molecule has 0 fully saturated rings. The van der Waals surface area contributed by atoms with Crippen LogP contribution in [-0.4, -0.2) is 35.0 Å². The lowest BCUT2D eigenvalue weighted by molar-refractivity contribution is 0.443. The molecule has 1 aromatic rings. The van der Waals surface area contributed by atoms with Gasteiger partial charge in [-0.25, -0.2) is 13.1 Å². The molecule has 0 aromatic heterocycles. The second-order valence-corrected chi connectivity index (χ2v) is 8.43. The van der Waals surface area contributed by atoms with Crippen LogP contribution in [0.4, 0.5) is 0 Å². The lowest BCUT2D eigenvalue weighted by Gasteiger charge is -2.18. The number of nitrogens with zero attached hydrogens (tertiary/aromatic N) is 1. The van der Waals surface area contributed by atoms with Gasteiger partial charge in [0.15, 0.2) is 5.96 Å². The number of hydrogen-bond acceptors (Lipinski definition) is 3. The molecule has 0 saturated carbocycles. The van der Waals surface area contributed by atoms with Crippen LogP contribution in [0.1, 0.15) is 50.7 Å². The third-order valence-corrected chi connectivity index (χ3v) is 5.81. The number of nitrogens with one attached hydrogen (secondary N) is 3. The minimum atomic E-state index is -3.23. The zero-order valence-electron chi connectivity index (χ0n) is 16.5. The van der Waals surface area contributed by atoms with Gasteiger partial charge in [0.2, 0.25) is 10.0 Å². The molecule has 26 heavy (non-hydrogen) atoms.